The molecule has 2 aliphatic heterocycles. The molecule has 1 N–H and O–H groups in total. The Bertz CT molecular complexity index is 713. The van der Waals surface area contributed by atoms with Gasteiger partial charge < -0.3 is 19.9 Å². The van der Waals surface area contributed by atoms with Gasteiger partial charge in [-0.1, -0.05) is 0 Å². The lowest BCUT2D eigenvalue weighted by atomic mass is 10.2. The summed E-state index contributed by atoms with van der Waals surface area (Å²) >= 11 is 0. The van der Waals surface area contributed by atoms with Gasteiger partial charge in [0, 0.05) is 38.4 Å². The summed E-state index contributed by atoms with van der Waals surface area (Å²) < 4.78 is 19.3. The van der Waals surface area contributed by atoms with Crippen molar-refractivity contribution in [1.29, 1.82) is 0 Å². The van der Waals surface area contributed by atoms with Gasteiger partial charge in [-0.25, -0.2) is 9.37 Å². The van der Waals surface area contributed by atoms with Gasteiger partial charge in [-0.05, 0) is 18.2 Å². The Balaban J connectivity index is 1.41. The summed E-state index contributed by atoms with van der Waals surface area (Å²) in [6.07, 6.45) is 2.96. The monoisotopic (exact) mass is 359 g/mol. The topological polar surface area (TPSA) is 79.3 Å². The van der Waals surface area contributed by atoms with E-state index in [1.807, 2.05) is 23.1 Å². The number of nitrogens with one attached hydrogen (secondary N) is 1. The number of rotatable bonds is 5. The molecular formula is C17H22FN7O. The van der Waals surface area contributed by atoms with Crippen molar-refractivity contribution in [3.05, 3.63) is 30.6 Å². The first-order chi connectivity index (χ1) is 12.8. The van der Waals surface area contributed by atoms with E-state index in [2.05, 4.69) is 30.4 Å². The van der Waals surface area contributed by atoms with E-state index in [-0.39, 0.29) is 6.04 Å². The number of alkyl halides is 1. The number of hydrogen-bond donors (Lipinski definition) is 1. The number of nitrogens with zero attached hydrogens (tertiary/aromatic N) is 6. The molecule has 26 heavy (non-hydrogen) atoms. The van der Waals surface area contributed by atoms with Crippen molar-refractivity contribution in [2.45, 2.75) is 18.6 Å². The average molecular weight is 359 g/mol. The molecule has 0 amide bonds. The highest BCUT2D eigenvalue weighted by Crippen LogP contribution is 2.25. The van der Waals surface area contributed by atoms with Crippen LogP contribution in [0.2, 0.25) is 0 Å². The maximum absolute atomic E-state index is 14.0. The lowest BCUT2D eigenvalue weighted by Crippen LogP contribution is -2.37. The standard InChI is InChI=1S/C17H22FN7O/c18-13-10-14(25(12-13)16-2-1-4-21-23-16)11-20-15-3-5-19-17(22-15)24-6-8-26-9-7-24/h1-5,13-14H,6-12H2,(H,19,20,22)/t13-,14-/m0/s1. The Kier molecular flexibility index (Phi) is 5.05. The second-order valence-electron chi connectivity index (χ2n) is 6.44. The lowest BCUT2D eigenvalue weighted by Gasteiger charge is -2.27. The first kappa shape index (κ1) is 16.9. The molecule has 0 bridgehead atoms. The molecule has 8 nitrogen and oxygen atoms in total. The van der Waals surface area contributed by atoms with Crippen LogP contribution in [-0.4, -0.2) is 71.8 Å². The Morgan fingerprint density at radius 3 is 2.92 bits per heavy atom. The molecule has 0 radical (unpaired) electrons. The van der Waals surface area contributed by atoms with Crippen molar-refractivity contribution in [2.24, 2.45) is 0 Å². The van der Waals surface area contributed by atoms with Crippen LogP contribution in [0.3, 0.4) is 0 Å². The average Bonchev–Trinajstić information content (AvgIpc) is 3.09. The Morgan fingerprint density at radius 1 is 1.23 bits per heavy atom. The van der Waals surface area contributed by atoms with Crippen molar-refractivity contribution >= 4 is 17.6 Å². The van der Waals surface area contributed by atoms with E-state index in [1.54, 1.807) is 12.4 Å². The molecule has 0 aliphatic carbocycles. The fraction of sp³-hybridized carbons (Fsp3) is 0.529. The van der Waals surface area contributed by atoms with E-state index < -0.39 is 6.17 Å². The van der Waals surface area contributed by atoms with E-state index >= 15 is 0 Å². The zero-order chi connectivity index (χ0) is 17.8. The highest BCUT2D eigenvalue weighted by Gasteiger charge is 2.33. The van der Waals surface area contributed by atoms with Crippen molar-refractivity contribution in [1.82, 2.24) is 20.2 Å². The number of aromatic nitrogens is 4. The van der Waals surface area contributed by atoms with Gasteiger partial charge in [-0.15, -0.1) is 5.10 Å². The van der Waals surface area contributed by atoms with Crippen LogP contribution >= 0.6 is 0 Å². The van der Waals surface area contributed by atoms with Crippen LogP contribution in [0.4, 0.5) is 22.0 Å². The van der Waals surface area contributed by atoms with Crippen molar-refractivity contribution in [3.63, 3.8) is 0 Å². The molecule has 2 aromatic rings. The minimum atomic E-state index is -0.863. The van der Waals surface area contributed by atoms with Gasteiger partial charge in [-0.3, -0.25) is 0 Å². The molecule has 2 fully saturated rings. The highest BCUT2D eigenvalue weighted by atomic mass is 19.1. The van der Waals surface area contributed by atoms with Crippen LogP contribution in [0.15, 0.2) is 30.6 Å². The number of ether oxygens (including phenoxy) is 1. The number of anilines is 3. The van der Waals surface area contributed by atoms with Gasteiger partial charge in [0.25, 0.3) is 0 Å². The third-order valence-corrected chi connectivity index (χ3v) is 4.67. The summed E-state index contributed by atoms with van der Waals surface area (Å²) in [6, 6.07) is 5.51. The molecule has 0 aromatic carbocycles. The van der Waals surface area contributed by atoms with Crippen LogP contribution in [-0.2, 0) is 4.74 Å². The Hall–Kier alpha value is -2.55. The Labute approximate surface area is 151 Å². The minimum Gasteiger partial charge on any atom is -0.378 e. The number of hydrogen-bond acceptors (Lipinski definition) is 8. The van der Waals surface area contributed by atoms with E-state index in [0.29, 0.717) is 44.5 Å². The van der Waals surface area contributed by atoms with Gasteiger partial charge in [0.1, 0.15) is 12.0 Å². The summed E-state index contributed by atoms with van der Waals surface area (Å²) in [5, 5.41) is 11.3. The first-order valence-electron chi connectivity index (χ1n) is 8.87. The molecule has 0 unspecified atom stereocenters. The van der Waals surface area contributed by atoms with Crippen LogP contribution in [0, 0.1) is 0 Å². The zero-order valence-corrected chi connectivity index (χ0v) is 14.5. The summed E-state index contributed by atoms with van der Waals surface area (Å²) in [5.74, 6) is 2.14. The third kappa shape index (κ3) is 3.82. The predicted molar refractivity (Wildman–Crippen MR) is 96.2 cm³/mol. The van der Waals surface area contributed by atoms with Gasteiger partial charge in [0.2, 0.25) is 5.95 Å². The second kappa shape index (κ2) is 7.77. The fourth-order valence-corrected chi connectivity index (χ4v) is 3.37. The van der Waals surface area contributed by atoms with Crippen LogP contribution in [0.1, 0.15) is 6.42 Å². The lowest BCUT2D eigenvalue weighted by molar-refractivity contribution is 0.122. The highest BCUT2D eigenvalue weighted by molar-refractivity contribution is 5.44. The predicted octanol–water partition coefficient (Wildman–Crippen LogP) is 1.13. The fourth-order valence-electron chi connectivity index (χ4n) is 3.37. The van der Waals surface area contributed by atoms with Crippen LogP contribution < -0.4 is 15.1 Å². The number of halogens is 1. The molecule has 2 saturated heterocycles. The molecule has 4 heterocycles. The smallest absolute Gasteiger partial charge is 0.227 e. The van der Waals surface area contributed by atoms with Crippen molar-refractivity contribution < 1.29 is 9.13 Å². The maximum Gasteiger partial charge on any atom is 0.227 e. The van der Waals surface area contributed by atoms with Crippen molar-refractivity contribution in [2.75, 3.05) is 54.5 Å². The zero-order valence-electron chi connectivity index (χ0n) is 14.5. The van der Waals surface area contributed by atoms with Crippen LogP contribution in [0.5, 0.6) is 0 Å². The molecule has 138 valence electrons. The van der Waals surface area contributed by atoms with Gasteiger partial charge in [0.15, 0.2) is 5.82 Å². The summed E-state index contributed by atoms with van der Waals surface area (Å²) in [5.41, 5.74) is 0. The SMILES string of the molecule is F[C@H]1C[C@@H](CNc2ccnc(N3CCOCC3)n2)N(c2cccnn2)C1. The summed E-state index contributed by atoms with van der Waals surface area (Å²) in [7, 11) is 0. The minimum absolute atomic E-state index is 0.00324. The molecule has 2 atom stereocenters. The van der Waals surface area contributed by atoms with E-state index in [0.717, 1.165) is 18.9 Å². The summed E-state index contributed by atoms with van der Waals surface area (Å²) in [6.45, 7) is 3.87. The van der Waals surface area contributed by atoms with Gasteiger partial charge in [-0.2, -0.15) is 10.1 Å². The Morgan fingerprint density at radius 2 is 2.12 bits per heavy atom. The van der Waals surface area contributed by atoms with Crippen LogP contribution in [0.25, 0.3) is 0 Å². The van der Waals surface area contributed by atoms with E-state index in [4.69, 9.17) is 4.74 Å². The van der Waals surface area contributed by atoms with E-state index in [1.165, 1.54) is 0 Å². The van der Waals surface area contributed by atoms with Crippen molar-refractivity contribution in [3.8, 4) is 0 Å². The first-order valence-corrected chi connectivity index (χ1v) is 8.87. The summed E-state index contributed by atoms with van der Waals surface area (Å²) in [4.78, 5) is 13.0. The molecule has 0 saturated carbocycles. The van der Waals surface area contributed by atoms with Gasteiger partial charge in [0.05, 0.1) is 25.8 Å². The largest absolute Gasteiger partial charge is 0.378 e. The molecular weight excluding hydrogens is 337 g/mol. The molecule has 4 rings (SSSR count). The van der Waals surface area contributed by atoms with Gasteiger partial charge >= 0.3 is 0 Å². The third-order valence-electron chi connectivity index (χ3n) is 4.67. The molecule has 0 spiro atoms. The molecule has 2 aliphatic rings. The molecule has 9 heteroatoms. The number of morpholine rings is 1. The quantitative estimate of drug-likeness (QED) is 0.851. The van der Waals surface area contributed by atoms with E-state index in [9.17, 15) is 4.39 Å². The molecule has 2 aromatic heterocycles. The second-order valence-corrected chi connectivity index (χ2v) is 6.44. The normalized spacial score (nSPS) is 23.3. The maximum atomic E-state index is 14.0.